The average molecular weight is 332 g/mol. The lowest BCUT2D eigenvalue weighted by Gasteiger charge is -2.19. The Kier molecular flexibility index (Phi) is 4.41. The topological polar surface area (TPSA) is 53.5 Å². The number of aromatic nitrogens is 2. The van der Waals surface area contributed by atoms with E-state index in [-0.39, 0.29) is 7.31 Å². The number of H-pyrrole nitrogens is 1. The van der Waals surface area contributed by atoms with Crippen molar-refractivity contribution in [2.75, 3.05) is 0 Å². The van der Waals surface area contributed by atoms with Crippen LogP contribution < -0.4 is 4.74 Å². The molecule has 3 rings (SSSR count). The molecule has 5 nitrogen and oxygen atoms in total. The van der Waals surface area contributed by atoms with Crippen molar-refractivity contribution in [3.8, 4) is 5.88 Å². The van der Waals surface area contributed by atoms with Crippen LogP contribution in [0.15, 0.2) is 54.1 Å². The van der Waals surface area contributed by atoms with Gasteiger partial charge in [-0.15, -0.1) is 0 Å². The Morgan fingerprint density at radius 1 is 1.50 bits per heavy atom. The minimum Gasteiger partial charge on any atom is -0.417 e. The third-order valence-corrected chi connectivity index (χ3v) is 3.43. The number of fused-ring (bicyclic) bond motifs is 1. The van der Waals surface area contributed by atoms with E-state index in [2.05, 4.69) is 26.4 Å². The molecule has 1 aliphatic rings. The monoisotopic (exact) mass is 332 g/mol. The molecule has 1 N–H and O–H groups in total. The summed E-state index contributed by atoms with van der Waals surface area (Å²) in [6.07, 6.45) is 10.1. The highest BCUT2D eigenvalue weighted by molar-refractivity contribution is 5.94. The van der Waals surface area contributed by atoms with Crippen molar-refractivity contribution < 1.29 is 14.9 Å². The van der Waals surface area contributed by atoms with Crippen LogP contribution in [-0.4, -0.2) is 27.8 Å². The summed E-state index contributed by atoms with van der Waals surface area (Å²) in [6.45, 7) is 3.10. The Bertz CT molecular complexity index is 857. The second-order valence-corrected chi connectivity index (χ2v) is 5.08. The first-order chi connectivity index (χ1) is 11.6. The molecule has 0 aromatic carbocycles. The molecule has 2 aromatic rings. The number of allylic oxidation sites excluding steroid dienone is 3. The number of halogens is 2. The number of hydrazone groups is 1. The summed E-state index contributed by atoms with van der Waals surface area (Å²) in [5, 5.41) is 6.77. The van der Waals surface area contributed by atoms with Crippen molar-refractivity contribution >= 4 is 22.8 Å². The molecular formula is C17H18F2N4O. The average Bonchev–Trinajstić information content (AvgIpc) is 2.96. The zero-order valence-corrected chi connectivity index (χ0v) is 13.0. The van der Waals surface area contributed by atoms with Gasteiger partial charge in [0.05, 0.1) is 5.70 Å². The predicted molar refractivity (Wildman–Crippen MR) is 91.7 cm³/mol. The van der Waals surface area contributed by atoms with Crippen LogP contribution in [0.3, 0.4) is 0 Å². The molecule has 0 spiro atoms. The van der Waals surface area contributed by atoms with Gasteiger partial charge in [0.25, 0.3) is 0 Å². The predicted octanol–water partition coefficient (Wildman–Crippen LogP) is 4.53. The van der Waals surface area contributed by atoms with Gasteiger partial charge < -0.3 is 9.72 Å². The highest BCUT2D eigenvalue weighted by Gasteiger charge is 2.14. The summed E-state index contributed by atoms with van der Waals surface area (Å²) in [5.41, 5.74) is 3.04. The van der Waals surface area contributed by atoms with Crippen molar-refractivity contribution in [1.82, 2.24) is 15.0 Å². The van der Waals surface area contributed by atoms with Gasteiger partial charge in [0.1, 0.15) is 5.65 Å². The van der Waals surface area contributed by atoms with Crippen molar-refractivity contribution in [3.63, 3.8) is 0 Å². The van der Waals surface area contributed by atoms with E-state index in [1.807, 2.05) is 25.3 Å². The smallest absolute Gasteiger partial charge is 0.388 e. The number of hydrogen-bond donors (Lipinski definition) is 1. The number of alkyl halides is 2. The van der Waals surface area contributed by atoms with E-state index < -0.39 is 6.61 Å². The normalized spacial score (nSPS) is 14.9. The van der Waals surface area contributed by atoms with Crippen LogP contribution in [0.2, 0.25) is 0 Å². The summed E-state index contributed by atoms with van der Waals surface area (Å²) in [5.74, 6) is -0.122. The number of rotatable bonds is 5. The van der Waals surface area contributed by atoms with Gasteiger partial charge in [-0.3, -0.25) is 0 Å². The number of pyridine rings is 1. The van der Waals surface area contributed by atoms with Crippen LogP contribution in [0.1, 0.15) is 20.3 Å². The zero-order chi connectivity index (χ0) is 17.1. The van der Waals surface area contributed by atoms with E-state index in [9.17, 15) is 8.78 Å². The second-order valence-electron chi connectivity index (χ2n) is 5.08. The van der Waals surface area contributed by atoms with Gasteiger partial charge in [0.2, 0.25) is 5.88 Å². The van der Waals surface area contributed by atoms with E-state index in [1.54, 1.807) is 23.5 Å². The van der Waals surface area contributed by atoms with Crippen LogP contribution in [0.25, 0.3) is 16.6 Å². The van der Waals surface area contributed by atoms with Gasteiger partial charge >= 0.3 is 6.61 Å². The lowest BCUT2D eigenvalue weighted by molar-refractivity contribution is -0.0526. The molecule has 0 unspecified atom stereocenters. The maximum absolute atomic E-state index is 12.3. The fraction of sp³-hybridized carbons (Fsp3) is 0.176. The molecule has 3 heterocycles. The van der Waals surface area contributed by atoms with Crippen molar-refractivity contribution in [1.29, 1.82) is 0 Å². The standard InChI is InChI=1S/C17H16F2N4O.H2/c1-3-7-21-23-8-6-12(9-11(23)2)14-10-20-16-13(14)4-5-15(22-16)24-17(18)19;/h4-10,17H,2-3H2,1H3,(H,20,22);1H/b21-7-;. The fourth-order valence-corrected chi connectivity index (χ4v) is 2.37. The molecular weight excluding hydrogens is 314 g/mol. The molecule has 0 aliphatic carbocycles. The third kappa shape index (κ3) is 3.19. The van der Waals surface area contributed by atoms with E-state index in [4.69, 9.17) is 0 Å². The Morgan fingerprint density at radius 2 is 2.33 bits per heavy atom. The molecule has 0 radical (unpaired) electrons. The SMILES string of the molecule is C=C1C=C(c2c[nH]c3nc(OC(F)F)ccc23)C=CN1/N=C\CC.[HH]. The molecule has 0 atom stereocenters. The van der Waals surface area contributed by atoms with Crippen LogP contribution in [0.4, 0.5) is 8.78 Å². The molecule has 0 amide bonds. The van der Waals surface area contributed by atoms with Gasteiger partial charge in [-0.05, 0) is 30.2 Å². The second kappa shape index (κ2) is 6.66. The molecule has 126 valence electrons. The molecule has 0 bridgehead atoms. The maximum atomic E-state index is 12.3. The quantitative estimate of drug-likeness (QED) is 0.818. The Hall–Kier alpha value is -2.96. The summed E-state index contributed by atoms with van der Waals surface area (Å²) in [6, 6.07) is 3.12. The molecule has 2 aromatic heterocycles. The fourth-order valence-electron chi connectivity index (χ4n) is 2.37. The van der Waals surface area contributed by atoms with Crippen LogP contribution >= 0.6 is 0 Å². The summed E-state index contributed by atoms with van der Waals surface area (Å²) in [4.78, 5) is 7.02. The van der Waals surface area contributed by atoms with E-state index in [0.29, 0.717) is 5.65 Å². The number of nitrogens with zero attached hydrogens (tertiary/aromatic N) is 3. The third-order valence-electron chi connectivity index (χ3n) is 3.43. The Morgan fingerprint density at radius 3 is 3.04 bits per heavy atom. The lowest BCUT2D eigenvalue weighted by atomic mass is 10.0. The Balaban J connectivity index is 0.00000225. The van der Waals surface area contributed by atoms with Crippen molar-refractivity contribution in [2.45, 2.75) is 20.0 Å². The summed E-state index contributed by atoms with van der Waals surface area (Å²) in [7, 11) is 0. The van der Waals surface area contributed by atoms with Crippen molar-refractivity contribution in [3.05, 3.63) is 54.5 Å². The highest BCUT2D eigenvalue weighted by atomic mass is 19.3. The van der Waals surface area contributed by atoms with E-state index in [1.165, 1.54) is 6.07 Å². The van der Waals surface area contributed by atoms with Gasteiger partial charge in [-0.2, -0.15) is 18.9 Å². The minimum atomic E-state index is -2.90. The van der Waals surface area contributed by atoms with Gasteiger partial charge in [0, 0.05) is 37.1 Å². The van der Waals surface area contributed by atoms with Crippen molar-refractivity contribution in [2.24, 2.45) is 5.10 Å². The molecule has 7 heteroatoms. The number of aromatic amines is 1. The number of ether oxygens (including phenoxy) is 1. The van der Waals surface area contributed by atoms with Crippen LogP contribution in [0, 0.1) is 0 Å². The number of hydrogen-bond acceptors (Lipinski definition) is 4. The molecule has 0 fully saturated rings. The molecule has 0 saturated heterocycles. The lowest BCUT2D eigenvalue weighted by Crippen LogP contribution is -2.10. The first-order valence-corrected chi connectivity index (χ1v) is 7.42. The first kappa shape index (κ1) is 15.9. The van der Waals surface area contributed by atoms with Crippen LogP contribution in [-0.2, 0) is 0 Å². The first-order valence-electron chi connectivity index (χ1n) is 7.42. The minimum absolute atomic E-state index is 0. The highest BCUT2D eigenvalue weighted by Crippen LogP contribution is 2.30. The maximum Gasteiger partial charge on any atom is 0.388 e. The largest absolute Gasteiger partial charge is 0.417 e. The number of nitrogens with one attached hydrogen (secondary N) is 1. The van der Waals surface area contributed by atoms with Gasteiger partial charge in [0.15, 0.2) is 0 Å². The molecule has 1 aliphatic heterocycles. The molecule has 24 heavy (non-hydrogen) atoms. The summed E-state index contributed by atoms with van der Waals surface area (Å²) < 4.78 is 28.9. The summed E-state index contributed by atoms with van der Waals surface area (Å²) >= 11 is 0. The van der Waals surface area contributed by atoms with Crippen LogP contribution in [0.5, 0.6) is 5.88 Å². The van der Waals surface area contributed by atoms with Gasteiger partial charge in [-0.1, -0.05) is 13.5 Å². The van der Waals surface area contributed by atoms with E-state index in [0.717, 1.165) is 28.6 Å². The zero-order valence-electron chi connectivity index (χ0n) is 13.0. The van der Waals surface area contributed by atoms with E-state index >= 15 is 0 Å². The van der Waals surface area contributed by atoms with Gasteiger partial charge in [-0.25, -0.2) is 5.01 Å². The Labute approximate surface area is 139 Å². The molecule has 0 saturated carbocycles.